The molecule has 3 aliphatic rings. The lowest BCUT2D eigenvalue weighted by atomic mass is 9.95. The average Bonchev–Trinajstić information content (AvgIpc) is 3.22. The Balaban J connectivity index is 1.05. The first kappa shape index (κ1) is 43.0. The maximum absolute atomic E-state index is 14.5. The molecule has 9 nitrogen and oxygen atoms in total. The first-order valence-corrected chi connectivity index (χ1v) is 24.9. The fourth-order valence-electron chi connectivity index (χ4n) is 9.14. The summed E-state index contributed by atoms with van der Waals surface area (Å²) in [5.74, 6) is 0.680. The van der Waals surface area contributed by atoms with Crippen molar-refractivity contribution in [1.29, 1.82) is 0 Å². The number of fused-ring (bicyclic) bond motifs is 1. The van der Waals surface area contributed by atoms with Crippen LogP contribution in [0.1, 0.15) is 122 Å². The van der Waals surface area contributed by atoms with Gasteiger partial charge in [0.05, 0.1) is 28.8 Å². The highest BCUT2D eigenvalue weighted by atomic mass is 32.2. The normalized spacial score (nSPS) is 19.2. The van der Waals surface area contributed by atoms with Crippen molar-refractivity contribution in [2.75, 3.05) is 57.0 Å². The molecule has 310 valence electrons. The van der Waals surface area contributed by atoms with Crippen LogP contribution in [0.2, 0.25) is 0 Å². The fourth-order valence-corrected chi connectivity index (χ4v) is 11.1. The Kier molecular flexibility index (Phi) is 16.5. The quantitative estimate of drug-likeness (QED) is 0.112. The molecule has 3 aliphatic heterocycles. The van der Waals surface area contributed by atoms with E-state index in [4.69, 9.17) is 4.74 Å². The van der Waals surface area contributed by atoms with Crippen molar-refractivity contribution in [3.05, 3.63) is 48.7 Å². The molecule has 2 aromatic carbocycles. The van der Waals surface area contributed by atoms with E-state index in [9.17, 15) is 17.7 Å². The van der Waals surface area contributed by atoms with E-state index >= 15 is 0 Å². The van der Waals surface area contributed by atoms with Gasteiger partial charge in [-0.15, -0.1) is 0 Å². The molecule has 0 spiro atoms. The van der Waals surface area contributed by atoms with Crippen LogP contribution in [0.25, 0.3) is 10.9 Å². The second kappa shape index (κ2) is 21.4. The highest BCUT2D eigenvalue weighted by Crippen LogP contribution is 2.39. The Hall–Kier alpha value is -2.57. The van der Waals surface area contributed by atoms with Gasteiger partial charge in [0.25, 0.3) is 0 Å². The Morgan fingerprint density at radius 1 is 0.732 bits per heavy atom. The first-order chi connectivity index (χ1) is 27.2. The Morgan fingerprint density at radius 3 is 1.84 bits per heavy atom. The number of pyridine rings is 1. The smallest absolute Gasteiger partial charge is 0.210 e. The molecule has 3 saturated heterocycles. The SMILES string of the molecule is CCCCCCCCCCCCCCOc1ccc(S(=O)(=O)c2cnc3ccc(S(C)=O)cc3c2N2CCC(N3CCC(N4CCC(O)CC4)CC3)CC2)cc1. The van der Waals surface area contributed by atoms with Gasteiger partial charge in [0, 0.05) is 71.8 Å². The van der Waals surface area contributed by atoms with E-state index in [1.165, 1.54) is 70.4 Å². The number of hydrogen-bond acceptors (Lipinski definition) is 9. The van der Waals surface area contributed by atoms with Gasteiger partial charge in [-0.3, -0.25) is 9.19 Å². The molecule has 3 fully saturated rings. The number of unbranched alkanes of at least 4 members (excludes halogenated alkanes) is 11. The van der Waals surface area contributed by atoms with Gasteiger partial charge in [0.2, 0.25) is 9.84 Å². The van der Waals surface area contributed by atoms with E-state index in [0.717, 1.165) is 96.0 Å². The van der Waals surface area contributed by atoms with Crippen molar-refractivity contribution in [3.8, 4) is 5.75 Å². The topological polar surface area (TPSA) is 103 Å². The molecule has 0 radical (unpaired) electrons. The third kappa shape index (κ3) is 11.5. The summed E-state index contributed by atoms with van der Waals surface area (Å²) >= 11 is 0. The zero-order chi connectivity index (χ0) is 39.3. The van der Waals surface area contributed by atoms with Crippen LogP contribution in [0.15, 0.2) is 63.3 Å². The fraction of sp³-hybridized carbons (Fsp3) is 0.667. The number of hydrogen-bond donors (Lipinski definition) is 1. The summed E-state index contributed by atoms with van der Waals surface area (Å²) < 4.78 is 47.5. The van der Waals surface area contributed by atoms with E-state index in [1.54, 1.807) is 30.5 Å². The standard InChI is InChI=1S/C45H68N4O5S2/c1-3-4-5-6-7-8-9-10-11-12-13-14-33-54-39-15-18-41(19-16-39)56(52,53)44-35-46-43-20-17-40(55(2)51)34-42(43)45(44)49-29-23-37(24-30-49)47-27-21-36(22-28-47)48-31-25-38(50)26-32-48/h15-20,34-38,50H,3-14,21-33H2,1-2H3. The third-order valence-electron chi connectivity index (χ3n) is 12.6. The van der Waals surface area contributed by atoms with Gasteiger partial charge in [0.1, 0.15) is 10.6 Å². The molecule has 0 bridgehead atoms. The molecule has 4 heterocycles. The molecule has 1 unspecified atom stereocenters. The van der Waals surface area contributed by atoms with Crippen LogP contribution in [0, 0.1) is 0 Å². The highest BCUT2D eigenvalue weighted by Gasteiger charge is 2.34. The highest BCUT2D eigenvalue weighted by molar-refractivity contribution is 7.91. The lowest BCUT2D eigenvalue weighted by Crippen LogP contribution is -2.52. The average molecular weight is 809 g/mol. The van der Waals surface area contributed by atoms with Crippen LogP contribution < -0.4 is 9.64 Å². The van der Waals surface area contributed by atoms with E-state index < -0.39 is 20.6 Å². The van der Waals surface area contributed by atoms with Gasteiger partial charge >= 0.3 is 0 Å². The molecule has 6 rings (SSSR count). The maximum Gasteiger partial charge on any atom is 0.210 e. The van der Waals surface area contributed by atoms with Gasteiger partial charge in [-0.25, -0.2) is 8.42 Å². The predicted molar refractivity (Wildman–Crippen MR) is 229 cm³/mol. The van der Waals surface area contributed by atoms with Crippen molar-refractivity contribution >= 4 is 37.2 Å². The summed E-state index contributed by atoms with van der Waals surface area (Å²) in [6.07, 6.45) is 24.5. The van der Waals surface area contributed by atoms with Crippen LogP contribution >= 0.6 is 0 Å². The molecule has 1 atom stereocenters. The van der Waals surface area contributed by atoms with Crippen LogP contribution in [0.4, 0.5) is 5.69 Å². The van der Waals surface area contributed by atoms with E-state index in [1.807, 2.05) is 18.2 Å². The predicted octanol–water partition coefficient (Wildman–Crippen LogP) is 8.77. The van der Waals surface area contributed by atoms with Crippen LogP contribution in [0.5, 0.6) is 5.75 Å². The Labute approximate surface area is 340 Å². The lowest BCUT2D eigenvalue weighted by Gasteiger charge is -2.45. The number of rotatable bonds is 20. The monoisotopic (exact) mass is 808 g/mol. The molecule has 0 aliphatic carbocycles. The minimum atomic E-state index is -3.93. The minimum absolute atomic E-state index is 0.140. The number of aromatic nitrogens is 1. The van der Waals surface area contributed by atoms with Gasteiger partial charge in [-0.2, -0.15) is 0 Å². The Morgan fingerprint density at radius 2 is 1.27 bits per heavy atom. The summed E-state index contributed by atoms with van der Waals surface area (Å²) in [5.41, 5.74) is 1.36. The van der Waals surface area contributed by atoms with Crippen molar-refractivity contribution in [2.24, 2.45) is 0 Å². The zero-order valence-corrected chi connectivity index (χ0v) is 35.8. The number of piperidine rings is 3. The molecular formula is C45H68N4O5S2. The summed E-state index contributed by atoms with van der Waals surface area (Å²) in [6.45, 7) is 8.53. The van der Waals surface area contributed by atoms with Crippen molar-refractivity contribution < 1.29 is 22.5 Å². The van der Waals surface area contributed by atoms with Crippen LogP contribution in [-0.2, 0) is 20.6 Å². The third-order valence-corrected chi connectivity index (χ3v) is 15.3. The number of ether oxygens (including phenoxy) is 1. The molecule has 0 saturated carbocycles. The summed E-state index contributed by atoms with van der Waals surface area (Å²) in [6, 6.07) is 13.5. The number of aliphatic hydroxyl groups excluding tert-OH is 1. The molecule has 1 N–H and O–H groups in total. The maximum atomic E-state index is 14.5. The van der Waals surface area contributed by atoms with E-state index in [2.05, 4.69) is 26.6 Å². The summed E-state index contributed by atoms with van der Waals surface area (Å²) in [5, 5.41) is 10.7. The molecule has 1 aromatic heterocycles. The van der Waals surface area contributed by atoms with Gasteiger partial charge in [-0.1, -0.05) is 77.6 Å². The lowest BCUT2D eigenvalue weighted by molar-refractivity contribution is 0.0289. The van der Waals surface area contributed by atoms with E-state index in [0.29, 0.717) is 40.5 Å². The van der Waals surface area contributed by atoms with Crippen LogP contribution in [0.3, 0.4) is 0 Å². The number of anilines is 1. The molecular weight excluding hydrogens is 741 g/mol. The van der Waals surface area contributed by atoms with E-state index in [-0.39, 0.29) is 15.9 Å². The zero-order valence-electron chi connectivity index (χ0n) is 34.2. The number of benzene rings is 2. The molecule has 0 amide bonds. The Bertz CT molecular complexity index is 1780. The molecule has 11 heteroatoms. The minimum Gasteiger partial charge on any atom is -0.494 e. The first-order valence-electron chi connectivity index (χ1n) is 21.9. The van der Waals surface area contributed by atoms with Gasteiger partial charge in [-0.05, 0) is 100 Å². The van der Waals surface area contributed by atoms with Crippen molar-refractivity contribution in [3.63, 3.8) is 0 Å². The van der Waals surface area contributed by atoms with Gasteiger partial charge < -0.3 is 24.5 Å². The largest absolute Gasteiger partial charge is 0.494 e. The summed E-state index contributed by atoms with van der Waals surface area (Å²) in [4.78, 5) is 13.2. The van der Waals surface area contributed by atoms with Crippen molar-refractivity contribution in [1.82, 2.24) is 14.8 Å². The van der Waals surface area contributed by atoms with Gasteiger partial charge in [0.15, 0.2) is 0 Å². The number of nitrogens with zero attached hydrogens (tertiary/aromatic N) is 4. The number of likely N-dealkylation sites (tertiary alicyclic amines) is 2. The summed E-state index contributed by atoms with van der Waals surface area (Å²) in [7, 11) is -5.15. The molecule has 3 aromatic rings. The number of aliphatic hydroxyl groups is 1. The van der Waals surface area contributed by atoms with Crippen LogP contribution in [-0.4, -0.2) is 103 Å². The van der Waals surface area contributed by atoms with Crippen molar-refractivity contribution in [2.45, 2.75) is 155 Å². The second-order valence-corrected chi connectivity index (χ2v) is 19.9. The second-order valence-electron chi connectivity index (χ2n) is 16.6. The number of sulfone groups is 1. The molecule has 56 heavy (non-hydrogen) atoms.